The first-order valence-electron chi connectivity index (χ1n) is 5.08. The van der Waals surface area contributed by atoms with Crippen LogP contribution < -0.4 is 5.73 Å². The van der Waals surface area contributed by atoms with Gasteiger partial charge in [0.05, 0.1) is 0 Å². The molecular formula is C9H15N2O4PS. The molecule has 0 saturated carbocycles. The van der Waals surface area contributed by atoms with Crippen LogP contribution in [0.4, 0.5) is 0 Å². The predicted molar refractivity (Wildman–Crippen MR) is 65.4 cm³/mol. The normalized spacial score (nSPS) is 29.2. The number of thioether (sulfide) groups is 1. The summed E-state index contributed by atoms with van der Waals surface area (Å²) in [5.41, 5.74) is 6.90. The molecular weight excluding hydrogens is 263 g/mol. The Hall–Kier alpha value is -0.330. The Morgan fingerprint density at radius 1 is 1.47 bits per heavy atom. The van der Waals surface area contributed by atoms with Crippen molar-refractivity contribution in [1.82, 2.24) is 4.90 Å². The van der Waals surface area contributed by atoms with Gasteiger partial charge in [-0.1, -0.05) is 0 Å². The zero-order valence-corrected chi connectivity index (χ0v) is 11.6. The molecule has 0 bridgehead atoms. The van der Waals surface area contributed by atoms with Gasteiger partial charge in [0, 0.05) is 20.0 Å². The molecule has 6 nitrogen and oxygen atoms in total. The van der Waals surface area contributed by atoms with Crippen molar-refractivity contribution in [2.75, 3.05) is 20.0 Å². The summed E-state index contributed by atoms with van der Waals surface area (Å²) >= 11 is 1.56. The van der Waals surface area contributed by atoms with Crippen LogP contribution in [0.2, 0.25) is 0 Å². The summed E-state index contributed by atoms with van der Waals surface area (Å²) in [5.74, 6) is 0.444. The largest absolute Gasteiger partial charge is 0.377 e. The maximum atomic E-state index is 12.4. The summed E-state index contributed by atoms with van der Waals surface area (Å²) in [5, 5.41) is -0.153. The van der Waals surface area contributed by atoms with E-state index in [9.17, 15) is 9.36 Å². The van der Waals surface area contributed by atoms with E-state index < -0.39 is 13.6 Å². The third-order valence-corrected chi connectivity index (χ3v) is 6.43. The van der Waals surface area contributed by atoms with Gasteiger partial charge in [0.1, 0.15) is 16.9 Å². The Bertz CT molecular complexity index is 431. The molecule has 2 aliphatic heterocycles. The highest BCUT2D eigenvalue weighted by molar-refractivity contribution is 8.00. The number of amides is 1. The number of nitrogens with zero attached hydrogens (tertiary/aromatic N) is 1. The van der Waals surface area contributed by atoms with Crippen LogP contribution in [-0.2, 0) is 18.4 Å². The average molecular weight is 278 g/mol. The number of fused-ring (bicyclic) bond motifs is 1. The number of hydrogen-bond acceptors (Lipinski definition) is 6. The second kappa shape index (κ2) is 4.40. The highest BCUT2D eigenvalue weighted by Crippen LogP contribution is 2.61. The van der Waals surface area contributed by atoms with E-state index in [4.69, 9.17) is 14.8 Å². The predicted octanol–water partition coefficient (Wildman–Crippen LogP) is 0.946. The number of carbonyl (C=O) groups excluding carboxylic acids is 1. The number of β-lactam (4-membered cyclic amide) rings is 1. The molecule has 2 aliphatic rings. The molecule has 0 aliphatic carbocycles. The Morgan fingerprint density at radius 3 is 2.59 bits per heavy atom. The van der Waals surface area contributed by atoms with Crippen LogP contribution in [-0.4, -0.2) is 42.2 Å². The third kappa shape index (κ3) is 1.77. The molecule has 1 amide bonds. The maximum absolute atomic E-state index is 12.4. The monoisotopic (exact) mass is 278 g/mol. The van der Waals surface area contributed by atoms with E-state index in [0.717, 1.165) is 5.57 Å². The molecule has 1 saturated heterocycles. The first-order valence-corrected chi connectivity index (χ1v) is 7.67. The molecule has 2 heterocycles. The first-order chi connectivity index (χ1) is 7.96. The van der Waals surface area contributed by atoms with Crippen LogP contribution in [0.3, 0.4) is 0 Å². The van der Waals surface area contributed by atoms with E-state index in [1.54, 1.807) is 11.8 Å². The number of carbonyl (C=O) groups is 1. The van der Waals surface area contributed by atoms with E-state index >= 15 is 0 Å². The SMILES string of the molecule is COP(=O)(OC)C1=C(C)CS[C@@H]2[C@H](N)C(=O)N12. The molecule has 96 valence electrons. The zero-order valence-electron chi connectivity index (χ0n) is 9.87. The fourth-order valence-corrected chi connectivity index (χ4v) is 4.94. The van der Waals surface area contributed by atoms with Crippen molar-refractivity contribution >= 4 is 25.3 Å². The van der Waals surface area contributed by atoms with Crippen LogP contribution in [0, 0.1) is 0 Å². The first kappa shape index (κ1) is 13.1. The fourth-order valence-electron chi connectivity index (χ4n) is 1.98. The van der Waals surface area contributed by atoms with Crippen LogP contribution >= 0.6 is 19.4 Å². The van der Waals surface area contributed by atoms with E-state index in [1.165, 1.54) is 19.1 Å². The standard InChI is InChI=1S/C9H15N2O4PS/c1-5-4-17-9-6(10)7(12)11(9)8(5)16(13,14-2)15-3/h6,9H,4,10H2,1-3H3/t6-,9-/m1/s1. The Morgan fingerprint density at radius 2 is 2.06 bits per heavy atom. The smallest absolute Gasteiger partial charge is 0.317 e. The van der Waals surface area contributed by atoms with Gasteiger partial charge in [-0.15, -0.1) is 11.8 Å². The van der Waals surface area contributed by atoms with E-state index in [1.807, 2.05) is 6.92 Å². The second-order valence-electron chi connectivity index (χ2n) is 3.90. The molecule has 2 atom stereocenters. The topological polar surface area (TPSA) is 81.9 Å². The molecule has 2 rings (SSSR count). The van der Waals surface area contributed by atoms with Crippen LogP contribution in [0.25, 0.3) is 0 Å². The van der Waals surface area contributed by atoms with Gasteiger partial charge in [-0.05, 0) is 12.5 Å². The van der Waals surface area contributed by atoms with Crippen LogP contribution in [0.15, 0.2) is 11.0 Å². The van der Waals surface area contributed by atoms with Crippen molar-refractivity contribution < 1.29 is 18.4 Å². The highest BCUT2D eigenvalue weighted by Gasteiger charge is 2.54. The minimum atomic E-state index is -3.40. The second-order valence-corrected chi connectivity index (χ2v) is 7.16. The minimum absolute atomic E-state index is 0.153. The molecule has 0 aromatic rings. The molecule has 17 heavy (non-hydrogen) atoms. The molecule has 1 fully saturated rings. The van der Waals surface area contributed by atoms with Gasteiger partial charge in [-0.25, -0.2) is 0 Å². The van der Waals surface area contributed by atoms with E-state index in [2.05, 4.69) is 0 Å². The van der Waals surface area contributed by atoms with Crippen molar-refractivity contribution in [2.24, 2.45) is 5.73 Å². The lowest BCUT2D eigenvalue weighted by molar-refractivity contribution is -0.140. The molecule has 0 aromatic carbocycles. The third-order valence-electron chi connectivity index (χ3n) is 2.90. The lowest BCUT2D eigenvalue weighted by Gasteiger charge is -2.49. The van der Waals surface area contributed by atoms with Crippen molar-refractivity contribution in [1.29, 1.82) is 0 Å². The van der Waals surface area contributed by atoms with Gasteiger partial charge in [0.2, 0.25) is 5.91 Å². The summed E-state index contributed by atoms with van der Waals surface area (Å²) in [6.07, 6.45) is 0. The quantitative estimate of drug-likeness (QED) is 0.611. The van der Waals surface area contributed by atoms with Crippen molar-refractivity contribution in [2.45, 2.75) is 18.3 Å². The van der Waals surface area contributed by atoms with Gasteiger partial charge in [-0.2, -0.15) is 0 Å². The Labute approximate surface area is 104 Å². The van der Waals surface area contributed by atoms with Crippen molar-refractivity contribution in [3.05, 3.63) is 11.0 Å². The average Bonchev–Trinajstić information content (AvgIpc) is 2.36. The van der Waals surface area contributed by atoms with E-state index in [0.29, 0.717) is 11.2 Å². The summed E-state index contributed by atoms with van der Waals surface area (Å²) in [7, 11) is -0.781. The number of hydrogen-bond donors (Lipinski definition) is 1. The van der Waals surface area contributed by atoms with Crippen LogP contribution in [0.5, 0.6) is 0 Å². The highest BCUT2D eigenvalue weighted by atomic mass is 32.2. The molecule has 0 aromatic heterocycles. The summed E-state index contributed by atoms with van der Waals surface area (Å²) in [6, 6.07) is -0.523. The van der Waals surface area contributed by atoms with Crippen LogP contribution in [0.1, 0.15) is 6.92 Å². The Balaban J connectivity index is 2.43. The van der Waals surface area contributed by atoms with Crippen molar-refractivity contribution in [3.63, 3.8) is 0 Å². The lowest BCUT2D eigenvalue weighted by Crippen LogP contribution is -2.67. The number of rotatable bonds is 3. The molecule has 2 N–H and O–H groups in total. The molecule has 0 unspecified atom stereocenters. The Kier molecular flexibility index (Phi) is 3.40. The van der Waals surface area contributed by atoms with Gasteiger partial charge in [-0.3, -0.25) is 14.3 Å². The zero-order chi connectivity index (χ0) is 12.8. The molecule has 8 heteroatoms. The summed E-state index contributed by atoms with van der Waals surface area (Å²) in [4.78, 5) is 13.2. The fraction of sp³-hybridized carbons (Fsp3) is 0.667. The minimum Gasteiger partial charge on any atom is -0.317 e. The van der Waals surface area contributed by atoms with Gasteiger partial charge >= 0.3 is 7.60 Å². The lowest BCUT2D eigenvalue weighted by atomic mass is 10.1. The maximum Gasteiger partial charge on any atom is 0.377 e. The molecule has 0 spiro atoms. The summed E-state index contributed by atoms with van der Waals surface area (Å²) < 4.78 is 22.3. The summed E-state index contributed by atoms with van der Waals surface area (Å²) in [6.45, 7) is 1.82. The van der Waals surface area contributed by atoms with E-state index in [-0.39, 0.29) is 11.3 Å². The number of nitrogens with two attached hydrogens (primary N) is 1. The molecule has 0 radical (unpaired) electrons. The van der Waals surface area contributed by atoms with Gasteiger partial charge < -0.3 is 14.8 Å². The van der Waals surface area contributed by atoms with Crippen molar-refractivity contribution in [3.8, 4) is 0 Å². The van der Waals surface area contributed by atoms with Gasteiger partial charge in [0.15, 0.2) is 0 Å². The van der Waals surface area contributed by atoms with Gasteiger partial charge in [0.25, 0.3) is 0 Å².